The van der Waals surface area contributed by atoms with Gasteiger partial charge in [0.15, 0.2) is 0 Å². The number of rotatable bonds is 5. The standard InChI is InChI=1S/C15H16FN3O3/c1-18-8-11(7-17-18)9-19(10-14(20)22-2)15(21)12-4-3-5-13(16)6-12/h3-8H,9-10H2,1-2H3. The predicted molar refractivity (Wildman–Crippen MR) is 76.4 cm³/mol. The number of carbonyl (C=O) groups excluding carboxylic acids is 2. The maximum absolute atomic E-state index is 13.3. The number of esters is 1. The molecule has 0 fully saturated rings. The van der Waals surface area contributed by atoms with Gasteiger partial charge in [0.1, 0.15) is 12.4 Å². The highest BCUT2D eigenvalue weighted by Crippen LogP contribution is 2.11. The molecule has 0 saturated carbocycles. The van der Waals surface area contributed by atoms with Gasteiger partial charge in [0.2, 0.25) is 0 Å². The molecule has 0 aliphatic carbocycles. The van der Waals surface area contributed by atoms with E-state index in [4.69, 9.17) is 0 Å². The minimum atomic E-state index is -0.548. The lowest BCUT2D eigenvalue weighted by atomic mass is 10.2. The maximum Gasteiger partial charge on any atom is 0.325 e. The average Bonchev–Trinajstić information content (AvgIpc) is 2.91. The molecule has 0 aliphatic rings. The van der Waals surface area contributed by atoms with Gasteiger partial charge in [-0.1, -0.05) is 6.07 Å². The van der Waals surface area contributed by atoms with Gasteiger partial charge in [-0.15, -0.1) is 0 Å². The van der Waals surface area contributed by atoms with Gasteiger partial charge in [-0.05, 0) is 18.2 Å². The monoisotopic (exact) mass is 305 g/mol. The molecule has 1 aromatic heterocycles. The van der Waals surface area contributed by atoms with Crippen molar-refractivity contribution in [3.8, 4) is 0 Å². The van der Waals surface area contributed by atoms with Gasteiger partial charge in [0.05, 0.1) is 13.3 Å². The van der Waals surface area contributed by atoms with Crippen molar-refractivity contribution in [2.75, 3.05) is 13.7 Å². The third-order valence-corrected chi connectivity index (χ3v) is 3.04. The molecular formula is C15H16FN3O3. The first-order valence-corrected chi connectivity index (χ1v) is 6.59. The van der Waals surface area contributed by atoms with E-state index in [1.165, 1.54) is 30.2 Å². The van der Waals surface area contributed by atoms with Gasteiger partial charge in [-0.3, -0.25) is 14.3 Å². The number of aromatic nitrogens is 2. The van der Waals surface area contributed by atoms with Crippen LogP contribution in [0.25, 0.3) is 0 Å². The van der Waals surface area contributed by atoms with Crippen LogP contribution in [0, 0.1) is 5.82 Å². The minimum Gasteiger partial charge on any atom is -0.468 e. The smallest absolute Gasteiger partial charge is 0.325 e. The first-order chi connectivity index (χ1) is 10.5. The Kier molecular flexibility index (Phi) is 4.88. The van der Waals surface area contributed by atoms with Crippen LogP contribution < -0.4 is 0 Å². The zero-order valence-corrected chi connectivity index (χ0v) is 12.3. The van der Waals surface area contributed by atoms with Crippen molar-refractivity contribution in [2.24, 2.45) is 7.05 Å². The zero-order valence-electron chi connectivity index (χ0n) is 12.3. The molecule has 0 aliphatic heterocycles. The molecule has 6 nitrogen and oxygen atoms in total. The van der Waals surface area contributed by atoms with Crippen molar-refractivity contribution >= 4 is 11.9 Å². The molecule has 0 unspecified atom stereocenters. The summed E-state index contributed by atoms with van der Waals surface area (Å²) in [5.74, 6) is -1.51. The Bertz CT molecular complexity index is 684. The Hall–Kier alpha value is -2.70. The number of amides is 1. The first-order valence-electron chi connectivity index (χ1n) is 6.59. The van der Waals surface area contributed by atoms with Gasteiger partial charge < -0.3 is 9.64 Å². The predicted octanol–water partition coefficient (Wildman–Crippen LogP) is 1.37. The second-order valence-corrected chi connectivity index (χ2v) is 4.77. The van der Waals surface area contributed by atoms with Crippen LogP contribution in [0.5, 0.6) is 0 Å². The van der Waals surface area contributed by atoms with Crippen LogP contribution in [0.3, 0.4) is 0 Å². The highest BCUT2D eigenvalue weighted by atomic mass is 19.1. The Balaban J connectivity index is 2.22. The Morgan fingerprint density at radius 1 is 1.41 bits per heavy atom. The summed E-state index contributed by atoms with van der Waals surface area (Å²) in [5, 5.41) is 4.02. The van der Waals surface area contributed by atoms with Crippen molar-refractivity contribution in [3.05, 3.63) is 53.6 Å². The van der Waals surface area contributed by atoms with Crippen molar-refractivity contribution in [1.82, 2.24) is 14.7 Å². The summed E-state index contributed by atoms with van der Waals surface area (Å²) in [6.07, 6.45) is 3.34. The first kappa shape index (κ1) is 15.7. The van der Waals surface area contributed by atoms with E-state index in [2.05, 4.69) is 9.84 Å². The number of benzene rings is 1. The summed E-state index contributed by atoms with van der Waals surface area (Å²) in [4.78, 5) is 25.3. The lowest BCUT2D eigenvalue weighted by molar-refractivity contribution is -0.141. The molecule has 2 rings (SSSR count). The van der Waals surface area contributed by atoms with Gasteiger partial charge in [-0.25, -0.2) is 4.39 Å². The molecule has 0 bridgehead atoms. The van der Waals surface area contributed by atoms with Crippen LogP contribution in [0.1, 0.15) is 15.9 Å². The molecule has 0 spiro atoms. The van der Waals surface area contributed by atoms with E-state index in [0.717, 1.165) is 11.6 Å². The van der Waals surface area contributed by atoms with Crippen LogP contribution in [-0.2, 0) is 23.1 Å². The minimum absolute atomic E-state index is 0.174. The van der Waals surface area contributed by atoms with Crippen LogP contribution in [0.2, 0.25) is 0 Å². The zero-order chi connectivity index (χ0) is 16.1. The molecule has 1 aromatic carbocycles. The van der Waals surface area contributed by atoms with E-state index >= 15 is 0 Å². The summed E-state index contributed by atoms with van der Waals surface area (Å²) in [5.41, 5.74) is 0.934. The molecule has 0 atom stereocenters. The molecule has 116 valence electrons. The molecule has 2 aromatic rings. The molecule has 1 heterocycles. The molecule has 0 saturated heterocycles. The van der Waals surface area contributed by atoms with Crippen LogP contribution in [0.4, 0.5) is 4.39 Å². The van der Waals surface area contributed by atoms with Crippen LogP contribution in [-0.4, -0.2) is 40.2 Å². The van der Waals surface area contributed by atoms with E-state index in [9.17, 15) is 14.0 Å². The molecule has 7 heteroatoms. The number of aryl methyl sites for hydroxylation is 1. The number of ether oxygens (including phenoxy) is 1. The lowest BCUT2D eigenvalue weighted by Gasteiger charge is -2.21. The van der Waals surface area contributed by atoms with E-state index in [1.54, 1.807) is 24.1 Å². The van der Waals surface area contributed by atoms with Crippen molar-refractivity contribution in [3.63, 3.8) is 0 Å². The normalized spacial score (nSPS) is 10.3. The third-order valence-electron chi connectivity index (χ3n) is 3.04. The average molecular weight is 305 g/mol. The number of carbonyl (C=O) groups is 2. The molecule has 22 heavy (non-hydrogen) atoms. The number of hydrogen-bond acceptors (Lipinski definition) is 4. The van der Waals surface area contributed by atoms with Gasteiger partial charge in [0.25, 0.3) is 5.91 Å². The molecule has 0 radical (unpaired) electrons. The highest BCUT2D eigenvalue weighted by molar-refractivity contribution is 5.95. The Labute approximate surface area is 127 Å². The summed E-state index contributed by atoms with van der Waals surface area (Å²) < 4.78 is 19.5. The fourth-order valence-electron chi connectivity index (χ4n) is 2.00. The van der Waals surface area contributed by atoms with Crippen molar-refractivity contribution in [1.29, 1.82) is 0 Å². The number of nitrogens with zero attached hydrogens (tertiary/aromatic N) is 3. The van der Waals surface area contributed by atoms with E-state index in [1.807, 2.05) is 0 Å². The Morgan fingerprint density at radius 3 is 2.77 bits per heavy atom. The summed E-state index contributed by atoms with van der Waals surface area (Å²) in [6.45, 7) is -0.0426. The SMILES string of the molecule is COC(=O)CN(Cc1cnn(C)c1)C(=O)c1cccc(F)c1. The van der Waals surface area contributed by atoms with Gasteiger partial charge >= 0.3 is 5.97 Å². The van der Waals surface area contributed by atoms with Crippen LogP contribution in [0.15, 0.2) is 36.7 Å². The number of hydrogen-bond donors (Lipinski definition) is 0. The van der Waals surface area contributed by atoms with E-state index in [0.29, 0.717) is 0 Å². The lowest BCUT2D eigenvalue weighted by Crippen LogP contribution is -2.35. The summed E-state index contributed by atoms with van der Waals surface area (Å²) >= 11 is 0. The van der Waals surface area contributed by atoms with Gasteiger partial charge in [0, 0.05) is 30.9 Å². The quantitative estimate of drug-likeness (QED) is 0.783. The van der Waals surface area contributed by atoms with Crippen molar-refractivity contribution < 1.29 is 18.7 Å². The van der Waals surface area contributed by atoms with E-state index < -0.39 is 17.7 Å². The number of halogens is 1. The summed E-state index contributed by atoms with van der Waals surface area (Å²) in [7, 11) is 3.00. The molecular weight excluding hydrogens is 289 g/mol. The maximum atomic E-state index is 13.3. The fourth-order valence-corrected chi connectivity index (χ4v) is 2.00. The second kappa shape index (κ2) is 6.84. The topological polar surface area (TPSA) is 64.4 Å². The number of methoxy groups -OCH3 is 1. The van der Waals surface area contributed by atoms with Crippen molar-refractivity contribution in [2.45, 2.75) is 6.54 Å². The second-order valence-electron chi connectivity index (χ2n) is 4.77. The third kappa shape index (κ3) is 3.91. The summed E-state index contributed by atoms with van der Waals surface area (Å²) in [6, 6.07) is 5.33. The molecule has 1 amide bonds. The Morgan fingerprint density at radius 2 is 2.18 bits per heavy atom. The van der Waals surface area contributed by atoms with Crippen LogP contribution >= 0.6 is 0 Å². The largest absolute Gasteiger partial charge is 0.468 e. The van der Waals surface area contributed by atoms with Gasteiger partial charge in [-0.2, -0.15) is 5.10 Å². The van der Waals surface area contributed by atoms with E-state index in [-0.39, 0.29) is 18.7 Å². The molecule has 0 N–H and O–H groups in total. The highest BCUT2D eigenvalue weighted by Gasteiger charge is 2.20. The fraction of sp³-hybridized carbons (Fsp3) is 0.267.